The van der Waals surface area contributed by atoms with Crippen LogP contribution in [0.15, 0.2) is 54.9 Å². The molecule has 1 N–H and O–H groups in total. The predicted molar refractivity (Wildman–Crippen MR) is 91.3 cm³/mol. The zero-order valence-corrected chi connectivity index (χ0v) is 13.4. The van der Waals surface area contributed by atoms with Gasteiger partial charge in [0, 0.05) is 11.6 Å². The van der Waals surface area contributed by atoms with Crippen molar-refractivity contribution >= 4 is 12.1 Å². The molecule has 2 aromatic carbocycles. The van der Waals surface area contributed by atoms with Gasteiger partial charge in [-0.25, -0.2) is 13.8 Å². The van der Waals surface area contributed by atoms with E-state index in [1.165, 1.54) is 30.6 Å². The molecule has 3 rings (SSSR count). The van der Waals surface area contributed by atoms with Crippen molar-refractivity contribution in [1.29, 1.82) is 0 Å². The first kappa shape index (κ1) is 16.7. The quantitative estimate of drug-likeness (QED) is 0.700. The number of halogens is 2. The number of rotatable bonds is 5. The van der Waals surface area contributed by atoms with Crippen LogP contribution in [0, 0.1) is 11.6 Å². The lowest BCUT2D eigenvalue weighted by atomic mass is 10.1. The van der Waals surface area contributed by atoms with Crippen molar-refractivity contribution in [3.63, 3.8) is 0 Å². The fourth-order valence-corrected chi connectivity index (χ4v) is 2.46. The molecule has 126 valence electrons. The fraction of sp³-hybridized carbons (Fsp3) is 0.105. The topological polar surface area (TPSA) is 54.9 Å². The van der Waals surface area contributed by atoms with Crippen LogP contribution in [0.25, 0.3) is 11.3 Å². The average Bonchev–Trinajstić information content (AvgIpc) is 2.62. The number of nitrogens with one attached hydrogen (secondary N) is 1. The molecule has 1 aromatic heterocycles. The summed E-state index contributed by atoms with van der Waals surface area (Å²) in [6, 6.07) is 10.5. The third-order valence-corrected chi connectivity index (χ3v) is 3.80. The van der Waals surface area contributed by atoms with Crippen LogP contribution in [0.3, 0.4) is 0 Å². The van der Waals surface area contributed by atoms with Crippen LogP contribution in [0.4, 0.5) is 14.6 Å². The number of aldehydes is 1. The second-order valence-corrected chi connectivity index (χ2v) is 5.53. The molecule has 25 heavy (non-hydrogen) atoms. The number of anilines is 1. The van der Waals surface area contributed by atoms with Gasteiger partial charge >= 0.3 is 0 Å². The van der Waals surface area contributed by atoms with Crippen molar-refractivity contribution in [2.24, 2.45) is 0 Å². The van der Waals surface area contributed by atoms with E-state index in [9.17, 15) is 13.6 Å². The lowest BCUT2D eigenvalue weighted by molar-refractivity contribution is 0.112. The van der Waals surface area contributed by atoms with Crippen molar-refractivity contribution in [2.75, 3.05) is 5.32 Å². The zero-order valence-electron chi connectivity index (χ0n) is 13.4. The van der Waals surface area contributed by atoms with Crippen LogP contribution in [0.2, 0.25) is 0 Å². The summed E-state index contributed by atoms with van der Waals surface area (Å²) in [5.41, 5.74) is 1.37. The third-order valence-electron chi connectivity index (χ3n) is 3.80. The number of carbonyl (C=O) groups excluding carboxylic acids is 1. The maximum atomic E-state index is 14.3. The standard InChI is InChI=1S/C19H15F2N3O/c1-12(13-5-7-15(20)8-6-13)23-18-10-22-9-17(24-18)16-4-2-3-14(11-25)19(16)21/h2-12H,1H3,(H,23,24). The van der Waals surface area contributed by atoms with Gasteiger partial charge in [0.25, 0.3) is 0 Å². The van der Waals surface area contributed by atoms with Crippen LogP contribution in [-0.2, 0) is 0 Å². The van der Waals surface area contributed by atoms with Gasteiger partial charge in [-0.1, -0.05) is 18.2 Å². The smallest absolute Gasteiger partial charge is 0.153 e. The second-order valence-electron chi connectivity index (χ2n) is 5.53. The van der Waals surface area contributed by atoms with Gasteiger partial charge in [-0.05, 0) is 36.8 Å². The summed E-state index contributed by atoms with van der Waals surface area (Å²) >= 11 is 0. The highest BCUT2D eigenvalue weighted by Gasteiger charge is 2.12. The molecule has 0 aliphatic carbocycles. The lowest BCUT2D eigenvalue weighted by Gasteiger charge is -2.15. The molecular weight excluding hydrogens is 324 g/mol. The Labute approximate surface area is 143 Å². The van der Waals surface area contributed by atoms with Crippen molar-refractivity contribution in [3.05, 3.63) is 77.6 Å². The predicted octanol–water partition coefficient (Wildman–Crippen LogP) is 4.41. The number of benzene rings is 2. The molecule has 0 saturated carbocycles. The van der Waals surface area contributed by atoms with Crippen molar-refractivity contribution in [2.45, 2.75) is 13.0 Å². The fourth-order valence-electron chi connectivity index (χ4n) is 2.46. The SMILES string of the molecule is CC(Nc1cncc(-c2cccc(C=O)c2F)n1)c1ccc(F)cc1. The molecular formula is C19H15F2N3O. The van der Waals surface area contributed by atoms with Gasteiger partial charge in [0.1, 0.15) is 17.5 Å². The van der Waals surface area contributed by atoms with E-state index in [2.05, 4.69) is 15.3 Å². The maximum absolute atomic E-state index is 14.3. The Morgan fingerprint density at radius 1 is 1.08 bits per heavy atom. The molecule has 0 aliphatic rings. The monoisotopic (exact) mass is 339 g/mol. The van der Waals surface area contributed by atoms with E-state index in [-0.39, 0.29) is 23.0 Å². The van der Waals surface area contributed by atoms with Crippen LogP contribution >= 0.6 is 0 Å². The summed E-state index contributed by atoms with van der Waals surface area (Å²) < 4.78 is 27.3. The molecule has 1 unspecified atom stereocenters. The molecule has 1 heterocycles. The number of hydrogen-bond acceptors (Lipinski definition) is 4. The second kappa shape index (κ2) is 7.17. The number of carbonyl (C=O) groups is 1. The minimum Gasteiger partial charge on any atom is -0.362 e. The minimum absolute atomic E-state index is 0.0302. The van der Waals surface area contributed by atoms with Gasteiger partial charge in [-0.15, -0.1) is 0 Å². The summed E-state index contributed by atoms with van der Waals surface area (Å²) in [6.45, 7) is 1.90. The first-order chi connectivity index (χ1) is 12.1. The molecule has 0 amide bonds. The lowest BCUT2D eigenvalue weighted by Crippen LogP contribution is -2.08. The number of nitrogens with zero attached hydrogens (tertiary/aromatic N) is 2. The van der Waals surface area contributed by atoms with E-state index in [1.54, 1.807) is 24.3 Å². The van der Waals surface area contributed by atoms with Gasteiger partial charge < -0.3 is 5.32 Å². The van der Waals surface area contributed by atoms with Crippen LogP contribution < -0.4 is 5.32 Å². The van der Waals surface area contributed by atoms with Crippen LogP contribution in [0.5, 0.6) is 0 Å². The molecule has 0 radical (unpaired) electrons. The van der Waals surface area contributed by atoms with Crippen molar-refractivity contribution in [1.82, 2.24) is 9.97 Å². The van der Waals surface area contributed by atoms with Gasteiger partial charge in [-0.3, -0.25) is 9.78 Å². The highest BCUT2D eigenvalue weighted by Crippen LogP contribution is 2.24. The normalized spacial score (nSPS) is 11.8. The Kier molecular flexibility index (Phi) is 4.79. The van der Waals surface area contributed by atoms with Crippen molar-refractivity contribution in [3.8, 4) is 11.3 Å². The van der Waals surface area contributed by atoms with Gasteiger partial charge in [0.15, 0.2) is 6.29 Å². The van der Waals surface area contributed by atoms with E-state index in [0.717, 1.165) is 5.56 Å². The van der Waals surface area contributed by atoms with E-state index in [0.29, 0.717) is 17.8 Å². The summed E-state index contributed by atoms with van der Waals surface area (Å²) in [5, 5.41) is 3.15. The molecule has 0 spiro atoms. The Balaban J connectivity index is 1.87. The molecule has 3 aromatic rings. The Bertz CT molecular complexity index is 897. The molecule has 1 atom stereocenters. The van der Waals surface area contributed by atoms with Gasteiger partial charge in [0.2, 0.25) is 0 Å². The summed E-state index contributed by atoms with van der Waals surface area (Å²) in [6.07, 6.45) is 3.41. The van der Waals surface area contributed by atoms with Crippen LogP contribution in [0.1, 0.15) is 28.9 Å². The van der Waals surface area contributed by atoms with Crippen LogP contribution in [-0.4, -0.2) is 16.3 Å². The molecule has 0 saturated heterocycles. The Morgan fingerprint density at radius 2 is 1.84 bits per heavy atom. The van der Waals surface area contributed by atoms with E-state index >= 15 is 0 Å². The van der Waals surface area contributed by atoms with E-state index in [4.69, 9.17) is 0 Å². The number of hydrogen-bond donors (Lipinski definition) is 1. The summed E-state index contributed by atoms with van der Waals surface area (Å²) in [7, 11) is 0. The highest BCUT2D eigenvalue weighted by molar-refractivity contribution is 5.79. The largest absolute Gasteiger partial charge is 0.362 e. The van der Waals surface area contributed by atoms with Gasteiger partial charge in [-0.2, -0.15) is 0 Å². The number of aromatic nitrogens is 2. The van der Waals surface area contributed by atoms with E-state index in [1.807, 2.05) is 6.92 Å². The Morgan fingerprint density at radius 3 is 2.56 bits per heavy atom. The average molecular weight is 339 g/mol. The molecule has 0 fully saturated rings. The minimum atomic E-state index is -0.629. The highest BCUT2D eigenvalue weighted by atomic mass is 19.1. The van der Waals surface area contributed by atoms with E-state index < -0.39 is 5.82 Å². The summed E-state index contributed by atoms with van der Waals surface area (Å²) in [5.74, 6) is -0.482. The third kappa shape index (κ3) is 3.68. The Hall–Kier alpha value is -3.15. The molecule has 4 nitrogen and oxygen atoms in total. The summed E-state index contributed by atoms with van der Waals surface area (Å²) in [4.78, 5) is 19.3. The molecule has 6 heteroatoms. The first-order valence-electron chi connectivity index (χ1n) is 7.66. The molecule has 0 aliphatic heterocycles. The maximum Gasteiger partial charge on any atom is 0.153 e. The van der Waals surface area contributed by atoms with Crippen molar-refractivity contribution < 1.29 is 13.6 Å². The first-order valence-corrected chi connectivity index (χ1v) is 7.66. The van der Waals surface area contributed by atoms with Gasteiger partial charge in [0.05, 0.1) is 23.7 Å². The molecule has 0 bridgehead atoms. The zero-order chi connectivity index (χ0) is 17.8.